The summed E-state index contributed by atoms with van der Waals surface area (Å²) in [5.41, 5.74) is 5.57. The Morgan fingerprint density at radius 3 is 2.63 bits per heavy atom. The van der Waals surface area contributed by atoms with Crippen molar-refractivity contribution in [1.29, 1.82) is 0 Å². The summed E-state index contributed by atoms with van der Waals surface area (Å²) in [7, 11) is 0. The van der Waals surface area contributed by atoms with E-state index in [1.165, 1.54) is 74.0 Å². The van der Waals surface area contributed by atoms with E-state index in [2.05, 4.69) is 70.8 Å². The van der Waals surface area contributed by atoms with Gasteiger partial charge in [0.05, 0.1) is 0 Å². The zero-order chi connectivity index (χ0) is 20.6. The van der Waals surface area contributed by atoms with Crippen LogP contribution in [0.1, 0.15) is 68.1 Å². The zero-order valence-electron chi connectivity index (χ0n) is 18.5. The van der Waals surface area contributed by atoms with Crippen molar-refractivity contribution >= 4 is 5.70 Å². The molecule has 0 bridgehead atoms. The van der Waals surface area contributed by atoms with E-state index in [4.69, 9.17) is 0 Å². The van der Waals surface area contributed by atoms with Crippen LogP contribution in [0.5, 0.6) is 0 Å². The van der Waals surface area contributed by atoms with Crippen molar-refractivity contribution in [3.8, 4) is 0 Å². The third-order valence-electron chi connectivity index (χ3n) is 6.71. The molecule has 1 aromatic carbocycles. The first-order valence-corrected chi connectivity index (χ1v) is 12.0. The van der Waals surface area contributed by atoms with E-state index in [0.29, 0.717) is 0 Å². The van der Waals surface area contributed by atoms with Crippen molar-refractivity contribution in [2.75, 3.05) is 26.2 Å². The van der Waals surface area contributed by atoms with Crippen molar-refractivity contribution in [3.05, 3.63) is 71.6 Å². The zero-order valence-corrected chi connectivity index (χ0v) is 18.5. The summed E-state index contributed by atoms with van der Waals surface area (Å²) in [6.07, 6.45) is 15.3. The van der Waals surface area contributed by atoms with E-state index < -0.39 is 0 Å². The molecule has 160 valence electrons. The van der Waals surface area contributed by atoms with Gasteiger partial charge in [-0.3, -0.25) is 4.98 Å². The molecule has 2 heterocycles. The molecule has 0 radical (unpaired) electrons. The minimum atomic E-state index is 0.750. The molecule has 30 heavy (non-hydrogen) atoms. The lowest BCUT2D eigenvalue weighted by molar-refractivity contribution is 0.181. The molecule has 3 nitrogen and oxygen atoms in total. The van der Waals surface area contributed by atoms with Crippen molar-refractivity contribution in [1.82, 2.24) is 15.2 Å². The first-order chi connectivity index (χ1) is 14.8. The Labute approximate surface area is 182 Å². The van der Waals surface area contributed by atoms with Crippen molar-refractivity contribution in [3.63, 3.8) is 0 Å². The second-order valence-corrected chi connectivity index (χ2v) is 9.00. The predicted molar refractivity (Wildman–Crippen MR) is 126 cm³/mol. The van der Waals surface area contributed by atoms with Gasteiger partial charge in [-0.25, -0.2) is 0 Å². The molecule has 1 aromatic heterocycles. The maximum atomic E-state index is 4.41. The van der Waals surface area contributed by atoms with Gasteiger partial charge in [0.1, 0.15) is 0 Å². The number of benzene rings is 1. The van der Waals surface area contributed by atoms with Gasteiger partial charge in [0.15, 0.2) is 0 Å². The molecule has 4 rings (SSSR count). The van der Waals surface area contributed by atoms with Crippen LogP contribution in [-0.4, -0.2) is 36.1 Å². The Hall–Kier alpha value is -2.13. The number of piperidine rings is 1. The maximum Gasteiger partial charge on any atom is 0.0392 e. The number of aromatic nitrogens is 1. The molecule has 1 saturated carbocycles. The fourth-order valence-corrected chi connectivity index (χ4v) is 4.72. The van der Waals surface area contributed by atoms with Crippen LogP contribution in [0.2, 0.25) is 0 Å². The van der Waals surface area contributed by atoms with Crippen LogP contribution in [-0.2, 0) is 6.42 Å². The number of pyridine rings is 1. The van der Waals surface area contributed by atoms with Crippen LogP contribution in [0.15, 0.2) is 54.9 Å². The van der Waals surface area contributed by atoms with Gasteiger partial charge in [0, 0.05) is 36.7 Å². The molecule has 2 fully saturated rings. The highest BCUT2D eigenvalue weighted by Crippen LogP contribution is 2.42. The molecule has 0 unspecified atom stereocenters. The van der Waals surface area contributed by atoms with E-state index in [1.807, 2.05) is 6.20 Å². The summed E-state index contributed by atoms with van der Waals surface area (Å²) in [4.78, 5) is 7.05. The molecule has 3 heteroatoms. The number of nitrogens with one attached hydrogen (secondary N) is 1. The largest absolute Gasteiger partial charge is 0.383 e. The summed E-state index contributed by atoms with van der Waals surface area (Å²) >= 11 is 0. The lowest BCUT2D eigenvalue weighted by Crippen LogP contribution is -2.38. The second kappa shape index (κ2) is 10.8. The van der Waals surface area contributed by atoms with Crippen molar-refractivity contribution < 1.29 is 0 Å². The Bertz CT molecular complexity index is 802. The fraction of sp³-hybridized carbons (Fsp3) is 0.519. The topological polar surface area (TPSA) is 28.2 Å². The highest BCUT2D eigenvalue weighted by Gasteiger charge is 2.27. The second-order valence-electron chi connectivity index (χ2n) is 9.00. The summed E-state index contributed by atoms with van der Waals surface area (Å²) in [5.74, 6) is 1.64. The van der Waals surface area contributed by atoms with Crippen LogP contribution in [0.3, 0.4) is 0 Å². The Kier molecular flexibility index (Phi) is 7.58. The average molecular weight is 404 g/mol. The Morgan fingerprint density at radius 1 is 1.10 bits per heavy atom. The van der Waals surface area contributed by atoms with Crippen LogP contribution in [0.4, 0.5) is 0 Å². The number of allylic oxidation sites excluding steroid dienone is 1. The molecular weight excluding hydrogens is 366 g/mol. The Balaban J connectivity index is 1.21. The lowest BCUT2D eigenvalue weighted by Gasteiger charge is -2.32. The third kappa shape index (κ3) is 5.95. The monoisotopic (exact) mass is 403 g/mol. The summed E-state index contributed by atoms with van der Waals surface area (Å²) in [6.45, 7) is 6.85. The molecule has 2 aromatic rings. The van der Waals surface area contributed by atoms with Gasteiger partial charge >= 0.3 is 0 Å². The van der Waals surface area contributed by atoms with E-state index in [0.717, 1.165) is 31.3 Å². The molecule has 1 N–H and O–H groups in total. The Morgan fingerprint density at radius 2 is 1.90 bits per heavy atom. The van der Waals surface area contributed by atoms with E-state index >= 15 is 0 Å². The van der Waals surface area contributed by atoms with Crippen LogP contribution >= 0.6 is 0 Å². The van der Waals surface area contributed by atoms with E-state index in [1.54, 1.807) is 0 Å². The minimum Gasteiger partial charge on any atom is -0.383 e. The first-order valence-electron chi connectivity index (χ1n) is 12.0. The smallest absolute Gasteiger partial charge is 0.0392 e. The van der Waals surface area contributed by atoms with Gasteiger partial charge in [-0.2, -0.15) is 0 Å². The van der Waals surface area contributed by atoms with Gasteiger partial charge in [0.25, 0.3) is 0 Å². The van der Waals surface area contributed by atoms with Gasteiger partial charge in [0.2, 0.25) is 0 Å². The summed E-state index contributed by atoms with van der Waals surface area (Å²) < 4.78 is 0. The molecular formula is C27H37N3. The summed E-state index contributed by atoms with van der Waals surface area (Å²) in [6, 6.07) is 13.2. The average Bonchev–Trinajstić information content (AvgIpc) is 3.64. The van der Waals surface area contributed by atoms with Gasteiger partial charge in [-0.15, -0.1) is 0 Å². The van der Waals surface area contributed by atoms with Crippen molar-refractivity contribution in [2.45, 2.75) is 57.8 Å². The van der Waals surface area contributed by atoms with Crippen LogP contribution in [0.25, 0.3) is 5.70 Å². The molecule has 0 spiro atoms. The molecule has 1 aliphatic carbocycles. The SMILES string of the molecule is CC/C=C(\NCCN1CCC(CCc2ccccc2)CC1)c1cnccc1C1CC1. The van der Waals surface area contributed by atoms with Crippen LogP contribution < -0.4 is 5.32 Å². The van der Waals surface area contributed by atoms with Gasteiger partial charge in [-0.05, 0) is 87.1 Å². The number of likely N-dealkylation sites (tertiary alicyclic amines) is 1. The third-order valence-corrected chi connectivity index (χ3v) is 6.71. The highest BCUT2D eigenvalue weighted by atomic mass is 15.1. The highest BCUT2D eigenvalue weighted by molar-refractivity contribution is 5.67. The number of rotatable bonds is 10. The van der Waals surface area contributed by atoms with Gasteiger partial charge in [-0.1, -0.05) is 43.3 Å². The normalized spacial score (nSPS) is 18.5. The molecule has 1 saturated heterocycles. The standard InChI is InChI=1S/C27H37N3/c1-2-6-27(26-21-28-16-13-25(26)24-11-12-24)29-17-20-30-18-14-23(15-19-30)10-9-22-7-4-3-5-8-22/h3-8,13,16,21,23-24,29H,2,9-12,14-15,17-20H2,1H3/b27-6-. The number of hydrogen-bond acceptors (Lipinski definition) is 3. The quantitative estimate of drug-likeness (QED) is 0.556. The number of nitrogens with zero attached hydrogens (tertiary/aromatic N) is 2. The van der Waals surface area contributed by atoms with Crippen molar-refractivity contribution in [2.24, 2.45) is 5.92 Å². The summed E-state index contributed by atoms with van der Waals surface area (Å²) in [5, 5.41) is 3.74. The lowest BCUT2D eigenvalue weighted by atomic mass is 9.90. The number of hydrogen-bond donors (Lipinski definition) is 1. The predicted octanol–water partition coefficient (Wildman–Crippen LogP) is 5.64. The molecule has 0 amide bonds. The fourth-order valence-electron chi connectivity index (χ4n) is 4.72. The first kappa shape index (κ1) is 21.1. The van der Waals surface area contributed by atoms with Gasteiger partial charge < -0.3 is 10.2 Å². The number of aryl methyl sites for hydroxylation is 1. The molecule has 2 aliphatic rings. The maximum absolute atomic E-state index is 4.41. The van der Waals surface area contributed by atoms with Crippen LogP contribution in [0, 0.1) is 5.92 Å². The van der Waals surface area contributed by atoms with E-state index in [-0.39, 0.29) is 0 Å². The minimum absolute atomic E-state index is 0.750. The molecule has 0 atom stereocenters. The molecule has 1 aliphatic heterocycles. The van der Waals surface area contributed by atoms with E-state index in [9.17, 15) is 0 Å².